The number of methoxy groups -OCH3 is 1. The van der Waals surface area contributed by atoms with E-state index >= 15 is 0 Å². The summed E-state index contributed by atoms with van der Waals surface area (Å²) in [6.45, 7) is 3.27. The van der Waals surface area contributed by atoms with Gasteiger partial charge in [-0.1, -0.05) is 24.6 Å². The van der Waals surface area contributed by atoms with Gasteiger partial charge in [-0.15, -0.1) is 0 Å². The van der Waals surface area contributed by atoms with E-state index in [0.717, 1.165) is 6.42 Å². The Balaban J connectivity index is 2.78. The molecule has 0 amide bonds. The molecule has 1 rings (SSSR count). The van der Waals surface area contributed by atoms with E-state index in [9.17, 15) is 4.39 Å². The van der Waals surface area contributed by atoms with Crippen LogP contribution < -0.4 is 5.32 Å². The quantitative estimate of drug-likeness (QED) is 0.778. The summed E-state index contributed by atoms with van der Waals surface area (Å²) in [6.07, 6.45) is 0.782. The Morgan fingerprint density at radius 1 is 1.50 bits per heavy atom. The van der Waals surface area contributed by atoms with Gasteiger partial charge >= 0.3 is 0 Å². The van der Waals surface area contributed by atoms with E-state index in [1.807, 2.05) is 6.92 Å². The molecule has 1 aromatic rings. The van der Waals surface area contributed by atoms with Gasteiger partial charge < -0.3 is 10.1 Å². The second-order valence-electron chi connectivity index (χ2n) is 3.54. The van der Waals surface area contributed by atoms with E-state index in [0.29, 0.717) is 23.7 Å². The van der Waals surface area contributed by atoms with E-state index in [1.165, 1.54) is 6.07 Å². The fourth-order valence-electron chi connectivity index (χ4n) is 1.63. The molecule has 16 heavy (non-hydrogen) atoms. The molecule has 1 atom stereocenters. The fraction of sp³-hybridized carbons (Fsp3) is 0.500. The average molecular weight is 246 g/mol. The Labute approximate surface area is 101 Å². The summed E-state index contributed by atoms with van der Waals surface area (Å²) in [4.78, 5) is 0. The van der Waals surface area contributed by atoms with Gasteiger partial charge in [0.15, 0.2) is 0 Å². The normalized spacial score (nSPS) is 12.8. The molecule has 0 aliphatic carbocycles. The Morgan fingerprint density at radius 3 is 2.81 bits per heavy atom. The maximum Gasteiger partial charge on any atom is 0.129 e. The minimum atomic E-state index is -0.260. The third kappa shape index (κ3) is 3.44. The number of rotatable bonds is 6. The second kappa shape index (κ2) is 6.84. The predicted octanol–water partition coefficient (Wildman–Crippen LogP) is 3.17. The summed E-state index contributed by atoms with van der Waals surface area (Å²) in [5.74, 6) is -0.260. The van der Waals surface area contributed by atoms with E-state index in [4.69, 9.17) is 16.3 Å². The third-order valence-corrected chi connectivity index (χ3v) is 2.78. The molecule has 1 unspecified atom stereocenters. The first-order valence-corrected chi connectivity index (χ1v) is 5.74. The number of ether oxygens (including phenoxy) is 1. The van der Waals surface area contributed by atoms with Crippen molar-refractivity contribution in [2.24, 2.45) is 0 Å². The molecule has 0 aliphatic heterocycles. The van der Waals surface area contributed by atoms with Crippen LogP contribution in [0, 0.1) is 5.82 Å². The van der Waals surface area contributed by atoms with Gasteiger partial charge in [0.25, 0.3) is 0 Å². The molecule has 0 aliphatic rings. The Morgan fingerprint density at radius 2 is 2.25 bits per heavy atom. The van der Waals surface area contributed by atoms with Crippen molar-refractivity contribution in [2.45, 2.75) is 19.4 Å². The van der Waals surface area contributed by atoms with Gasteiger partial charge in [0.2, 0.25) is 0 Å². The van der Waals surface area contributed by atoms with Crippen LogP contribution in [0.2, 0.25) is 5.02 Å². The molecule has 0 aromatic heterocycles. The van der Waals surface area contributed by atoms with Crippen LogP contribution in [-0.4, -0.2) is 20.3 Å². The Bertz CT molecular complexity index is 313. The molecule has 0 heterocycles. The van der Waals surface area contributed by atoms with E-state index in [-0.39, 0.29) is 11.9 Å². The number of hydrogen-bond donors (Lipinski definition) is 1. The largest absolute Gasteiger partial charge is 0.383 e. The minimum absolute atomic E-state index is 0.0659. The molecular formula is C12H17ClFNO. The Kier molecular flexibility index (Phi) is 5.74. The van der Waals surface area contributed by atoms with Crippen molar-refractivity contribution in [3.63, 3.8) is 0 Å². The third-order valence-electron chi connectivity index (χ3n) is 2.45. The number of nitrogens with one attached hydrogen (secondary N) is 1. The number of halogens is 2. The first kappa shape index (κ1) is 13.4. The summed E-state index contributed by atoms with van der Waals surface area (Å²) in [7, 11) is 1.64. The molecule has 90 valence electrons. The fourth-order valence-corrected chi connectivity index (χ4v) is 1.92. The highest BCUT2D eigenvalue weighted by Crippen LogP contribution is 2.27. The van der Waals surface area contributed by atoms with Crippen LogP contribution in [0.15, 0.2) is 18.2 Å². The predicted molar refractivity (Wildman–Crippen MR) is 64.3 cm³/mol. The summed E-state index contributed by atoms with van der Waals surface area (Å²) in [6, 6.07) is 4.69. The lowest BCUT2D eigenvalue weighted by molar-refractivity contribution is 0.195. The first-order valence-electron chi connectivity index (χ1n) is 5.37. The average Bonchev–Trinajstić information content (AvgIpc) is 2.26. The summed E-state index contributed by atoms with van der Waals surface area (Å²) < 4.78 is 18.6. The highest BCUT2D eigenvalue weighted by Gasteiger charge is 2.16. The summed E-state index contributed by atoms with van der Waals surface area (Å²) in [5, 5.41) is 3.69. The molecule has 1 aromatic carbocycles. The van der Waals surface area contributed by atoms with Gasteiger partial charge in [0.05, 0.1) is 6.61 Å². The van der Waals surface area contributed by atoms with E-state index in [2.05, 4.69) is 5.32 Å². The SMILES string of the molecule is CCC(NCCOC)c1c(F)cccc1Cl. The molecule has 2 nitrogen and oxygen atoms in total. The van der Waals surface area contributed by atoms with Crippen molar-refractivity contribution in [3.05, 3.63) is 34.6 Å². The molecule has 4 heteroatoms. The molecule has 0 bridgehead atoms. The van der Waals surface area contributed by atoms with Gasteiger partial charge in [-0.25, -0.2) is 4.39 Å². The van der Waals surface area contributed by atoms with Crippen molar-refractivity contribution in [3.8, 4) is 0 Å². The van der Waals surface area contributed by atoms with E-state index < -0.39 is 0 Å². The van der Waals surface area contributed by atoms with Crippen molar-refractivity contribution in [1.29, 1.82) is 0 Å². The van der Waals surface area contributed by atoms with Crippen LogP contribution in [0.4, 0.5) is 4.39 Å². The van der Waals surface area contributed by atoms with Crippen LogP contribution in [0.3, 0.4) is 0 Å². The Hall–Kier alpha value is -0.640. The van der Waals surface area contributed by atoms with Gasteiger partial charge in [-0.3, -0.25) is 0 Å². The zero-order valence-electron chi connectivity index (χ0n) is 9.59. The lowest BCUT2D eigenvalue weighted by atomic mass is 10.0. The maximum atomic E-state index is 13.6. The van der Waals surface area contributed by atoms with Crippen molar-refractivity contribution in [1.82, 2.24) is 5.32 Å². The number of hydrogen-bond acceptors (Lipinski definition) is 2. The second-order valence-corrected chi connectivity index (χ2v) is 3.95. The monoisotopic (exact) mass is 245 g/mol. The highest BCUT2D eigenvalue weighted by molar-refractivity contribution is 6.31. The molecular weight excluding hydrogens is 229 g/mol. The molecule has 0 saturated heterocycles. The minimum Gasteiger partial charge on any atom is -0.383 e. The summed E-state index contributed by atoms with van der Waals surface area (Å²) >= 11 is 6.00. The van der Waals surface area contributed by atoms with Gasteiger partial charge in [0, 0.05) is 30.3 Å². The smallest absolute Gasteiger partial charge is 0.129 e. The van der Waals surface area contributed by atoms with Crippen molar-refractivity contribution < 1.29 is 9.13 Å². The topological polar surface area (TPSA) is 21.3 Å². The van der Waals surface area contributed by atoms with Crippen LogP contribution in [0.5, 0.6) is 0 Å². The molecule has 1 N–H and O–H groups in total. The first-order chi connectivity index (χ1) is 7.70. The van der Waals surface area contributed by atoms with E-state index in [1.54, 1.807) is 19.2 Å². The molecule has 0 radical (unpaired) electrons. The molecule has 0 spiro atoms. The van der Waals surface area contributed by atoms with Crippen molar-refractivity contribution in [2.75, 3.05) is 20.3 Å². The van der Waals surface area contributed by atoms with Gasteiger partial charge in [-0.05, 0) is 18.6 Å². The lowest BCUT2D eigenvalue weighted by Gasteiger charge is -2.19. The standard InChI is InChI=1S/C12H17ClFNO/c1-3-11(15-7-8-16-2)12-9(13)5-4-6-10(12)14/h4-6,11,15H,3,7-8H2,1-2H3. The zero-order chi connectivity index (χ0) is 12.0. The van der Waals surface area contributed by atoms with Crippen LogP contribution in [0.25, 0.3) is 0 Å². The van der Waals surface area contributed by atoms with Crippen molar-refractivity contribution >= 4 is 11.6 Å². The number of benzene rings is 1. The maximum absolute atomic E-state index is 13.6. The molecule has 0 saturated carbocycles. The van der Waals surface area contributed by atoms with Crippen LogP contribution in [0.1, 0.15) is 24.9 Å². The lowest BCUT2D eigenvalue weighted by Crippen LogP contribution is -2.25. The van der Waals surface area contributed by atoms with Crippen LogP contribution >= 0.6 is 11.6 Å². The summed E-state index contributed by atoms with van der Waals surface area (Å²) in [5.41, 5.74) is 0.544. The zero-order valence-corrected chi connectivity index (χ0v) is 10.4. The van der Waals surface area contributed by atoms with Gasteiger partial charge in [0.1, 0.15) is 5.82 Å². The van der Waals surface area contributed by atoms with Gasteiger partial charge in [-0.2, -0.15) is 0 Å². The van der Waals surface area contributed by atoms with Crippen LogP contribution in [-0.2, 0) is 4.74 Å². The highest BCUT2D eigenvalue weighted by atomic mass is 35.5. The molecule has 0 fully saturated rings.